The first kappa shape index (κ1) is 13.5. The Hall–Kier alpha value is -3.73. The summed E-state index contributed by atoms with van der Waals surface area (Å²) in [4.78, 5) is 12.6. The molecule has 0 N–H and O–H groups in total. The maximum Gasteiger partial charge on any atom is 0.237 e. The topological polar surface area (TPSA) is 56.7 Å². The van der Waals surface area contributed by atoms with Crippen LogP contribution in [0.25, 0.3) is 49.7 Å². The maximum absolute atomic E-state index is 6.26. The zero-order valence-electron chi connectivity index (χ0n) is 13.6. The highest BCUT2D eigenvalue weighted by Gasteiger charge is 2.18. The van der Waals surface area contributed by atoms with Crippen LogP contribution in [0.3, 0.4) is 0 Å². The summed E-state index contributed by atoms with van der Waals surface area (Å²) in [5.41, 5.74) is 3.85. The van der Waals surface area contributed by atoms with Gasteiger partial charge in [0, 0.05) is 16.2 Å². The zero-order valence-corrected chi connectivity index (χ0v) is 13.6. The summed E-state index contributed by atoms with van der Waals surface area (Å²) in [6.45, 7) is 0. The second kappa shape index (κ2) is 4.89. The van der Waals surface area contributed by atoms with E-state index in [9.17, 15) is 0 Å². The highest BCUT2D eigenvalue weighted by Crippen LogP contribution is 2.39. The van der Waals surface area contributed by atoms with E-state index in [0.717, 1.165) is 43.7 Å². The van der Waals surface area contributed by atoms with Gasteiger partial charge in [-0.05, 0) is 24.3 Å². The highest BCUT2D eigenvalue weighted by atomic mass is 16.3. The van der Waals surface area contributed by atoms with Crippen LogP contribution in [0, 0.1) is 0 Å². The number of hydrogen-bond donors (Lipinski definition) is 0. The van der Waals surface area contributed by atoms with Crippen molar-refractivity contribution in [3.05, 3.63) is 73.3 Å². The number of nitrogens with zero attached hydrogens (tertiary/aromatic N) is 4. The first-order valence-corrected chi connectivity index (χ1v) is 8.37. The van der Waals surface area contributed by atoms with Gasteiger partial charge in [0.2, 0.25) is 5.95 Å². The van der Waals surface area contributed by atoms with E-state index in [4.69, 9.17) is 4.42 Å². The smallest absolute Gasteiger partial charge is 0.237 e. The average molecular weight is 336 g/mol. The van der Waals surface area contributed by atoms with Gasteiger partial charge in [0.15, 0.2) is 0 Å². The molecule has 3 aromatic heterocycles. The molecule has 6 rings (SSSR count). The summed E-state index contributed by atoms with van der Waals surface area (Å²) in [6.07, 6.45) is 3.03. The molecule has 0 saturated heterocycles. The fourth-order valence-electron chi connectivity index (χ4n) is 3.80. The molecule has 3 aromatic carbocycles. The molecule has 3 heterocycles. The molecular formula is C21H12N4O. The van der Waals surface area contributed by atoms with Crippen molar-refractivity contribution in [1.82, 2.24) is 19.5 Å². The Bertz CT molecular complexity index is 1430. The minimum Gasteiger partial charge on any atom is -0.455 e. The molecule has 26 heavy (non-hydrogen) atoms. The summed E-state index contributed by atoms with van der Waals surface area (Å²) in [5, 5.41) is 4.44. The molecule has 0 aliphatic rings. The summed E-state index contributed by atoms with van der Waals surface area (Å²) in [7, 11) is 0. The van der Waals surface area contributed by atoms with Crippen molar-refractivity contribution in [2.45, 2.75) is 0 Å². The van der Waals surface area contributed by atoms with Crippen molar-refractivity contribution in [2.75, 3.05) is 0 Å². The summed E-state index contributed by atoms with van der Waals surface area (Å²) >= 11 is 0. The lowest BCUT2D eigenvalue weighted by Crippen LogP contribution is -2.00. The zero-order chi connectivity index (χ0) is 17.1. The Morgan fingerprint density at radius 2 is 1.46 bits per heavy atom. The maximum atomic E-state index is 6.26. The monoisotopic (exact) mass is 336 g/mol. The molecule has 0 unspecified atom stereocenters. The Morgan fingerprint density at radius 3 is 2.35 bits per heavy atom. The number of furan rings is 1. The third-order valence-electron chi connectivity index (χ3n) is 4.86. The van der Waals surface area contributed by atoms with Crippen LogP contribution < -0.4 is 0 Å². The predicted octanol–water partition coefficient (Wildman–Crippen LogP) is 4.87. The van der Waals surface area contributed by atoms with E-state index in [1.54, 1.807) is 0 Å². The molecule has 0 fully saturated rings. The van der Waals surface area contributed by atoms with Gasteiger partial charge >= 0.3 is 0 Å². The molecule has 122 valence electrons. The SMILES string of the molecule is c1ccc2c(c1)oc1c2ccc2c1c1ccccc1n2-c1ncncn1. The van der Waals surface area contributed by atoms with Crippen LogP contribution in [-0.4, -0.2) is 19.5 Å². The lowest BCUT2D eigenvalue weighted by Gasteiger charge is -2.04. The van der Waals surface area contributed by atoms with Crippen molar-refractivity contribution in [1.29, 1.82) is 0 Å². The fourth-order valence-corrected chi connectivity index (χ4v) is 3.80. The van der Waals surface area contributed by atoms with E-state index in [1.165, 1.54) is 12.7 Å². The molecule has 0 bridgehead atoms. The van der Waals surface area contributed by atoms with E-state index >= 15 is 0 Å². The van der Waals surface area contributed by atoms with Gasteiger partial charge in [0.25, 0.3) is 0 Å². The molecule has 0 amide bonds. The van der Waals surface area contributed by atoms with Crippen molar-refractivity contribution >= 4 is 43.7 Å². The highest BCUT2D eigenvalue weighted by molar-refractivity contribution is 6.23. The van der Waals surface area contributed by atoms with E-state index in [0.29, 0.717) is 5.95 Å². The van der Waals surface area contributed by atoms with Gasteiger partial charge in [-0.3, -0.25) is 4.57 Å². The third-order valence-corrected chi connectivity index (χ3v) is 4.86. The van der Waals surface area contributed by atoms with Crippen molar-refractivity contribution in [3.63, 3.8) is 0 Å². The molecule has 0 aliphatic carbocycles. The van der Waals surface area contributed by atoms with Crippen LogP contribution in [-0.2, 0) is 0 Å². The summed E-state index contributed by atoms with van der Waals surface area (Å²) < 4.78 is 8.31. The number of aromatic nitrogens is 4. The molecule has 0 saturated carbocycles. The Kier molecular flexibility index (Phi) is 2.55. The first-order valence-electron chi connectivity index (χ1n) is 8.37. The standard InChI is InChI=1S/C21H12N4O/c1-3-7-16-15(6-1)19-17(25(16)21-23-11-22-12-24-21)10-9-14-13-5-2-4-8-18(13)26-20(14)19/h1-12H. The minimum absolute atomic E-state index is 0.599. The first-order chi connectivity index (χ1) is 12.9. The normalized spacial score (nSPS) is 11.8. The molecule has 0 atom stereocenters. The molecule has 0 radical (unpaired) electrons. The number of rotatable bonds is 1. The van der Waals surface area contributed by atoms with Gasteiger partial charge in [0.05, 0.1) is 16.4 Å². The van der Waals surface area contributed by atoms with Crippen LogP contribution >= 0.6 is 0 Å². The van der Waals surface area contributed by atoms with E-state index < -0.39 is 0 Å². The van der Waals surface area contributed by atoms with Gasteiger partial charge in [-0.1, -0.05) is 36.4 Å². The number of fused-ring (bicyclic) bond motifs is 7. The largest absolute Gasteiger partial charge is 0.455 e. The van der Waals surface area contributed by atoms with Gasteiger partial charge in [-0.2, -0.15) is 0 Å². The van der Waals surface area contributed by atoms with Crippen LogP contribution in [0.1, 0.15) is 0 Å². The van der Waals surface area contributed by atoms with Gasteiger partial charge in [-0.25, -0.2) is 15.0 Å². The molecule has 5 nitrogen and oxygen atoms in total. The number of benzene rings is 3. The Balaban J connectivity index is 1.89. The molecular weight excluding hydrogens is 324 g/mol. The number of hydrogen-bond acceptors (Lipinski definition) is 4. The Morgan fingerprint density at radius 1 is 0.692 bits per heavy atom. The van der Waals surface area contributed by atoms with Crippen molar-refractivity contribution in [3.8, 4) is 5.95 Å². The van der Waals surface area contributed by atoms with E-state index in [-0.39, 0.29) is 0 Å². The molecule has 6 aromatic rings. The van der Waals surface area contributed by atoms with Crippen LogP contribution in [0.2, 0.25) is 0 Å². The van der Waals surface area contributed by atoms with Crippen molar-refractivity contribution in [2.24, 2.45) is 0 Å². The average Bonchev–Trinajstić information content (AvgIpc) is 3.24. The molecule has 0 aliphatic heterocycles. The minimum atomic E-state index is 0.599. The summed E-state index contributed by atoms with van der Waals surface area (Å²) in [6, 6.07) is 20.6. The quantitative estimate of drug-likeness (QED) is 0.430. The van der Waals surface area contributed by atoms with Crippen LogP contribution in [0.4, 0.5) is 0 Å². The predicted molar refractivity (Wildman–Crippen MR) is 101 cm³/mol. The number of para-hydroxylation sites is 2. The Labute approximate surface area is 147 Å². The van der Waals surface area contributed by atoms with Crippen LogP contribution in [0.15, 0.2) is 77.7 Å². The molecule has 5 heteroatoms. The van der Waals surface area contributed by atoms with Gasteiger partial charge in [-0.15, -0.1) is 0 Å². The van der Waals surface area contributed by atoms with Gasteiger partial charge < -0.3 is 4.42 Å². The van der Waals surface area contributed by atoms with E-state index in [2.05, 4.69) is 49.9 Å². The second-order valence-electron chi connectivity index (χ2n) is 6.23. The fraction of sp³-hybridized carbons (Fsp3) is 0. The lowest BCUT2D eigenvalue weighted by molar-refractivity contribution is 0.673. The van der Waals surface area contributed by atoms with Gasteiger partial charge in [0.1, 0.15) is 23.8 Å². The third kappa shape index (κ3) is 1.66. The lowest BCUT2D eigenvalue weighted by atomic mass is 10.1. The second-order valence-corrected chi connectivity index (χ2v) is 6.23. The van der Waals surface area contributed by atoms with Crippen molar-refractivity contribution < 1.29 is 4.42 Å². The van der Waals surface area contributed by atoms with E-state index in [1.807, 2.05) is 30.3 Å². The van der Waals surface area contributed by atoms with Crippen LogP contribution in [0.5, 0.6) is 0 Å². The molecule has 0 spiro atoms. The summed E-state index contributed by atoms with van der Waals surface area (Å²) in [5.74, 6) is 0.599.